The Hall–Kier alpha value is -1.04. The lowest BCUT2D eigenvalue weighted by atomic mass is 9.85. The summed E-state index contributed by atoms with van der Waals surface area (Å²) in [6.07, 6.45) is 5.02. The fraction of sp³-hybridized carbons (Fsp3) is 0.533. The van der Waals surface area contributed by atoms with E-state index in [1.54, 1.807) is 0 Å². The first-order chi connectivity index (χ1) is 8.70. The monoisotopic (exact) mass is 262 g/mol. The number of nitrogens with one attached hydrogen (secondary N) is 1. The molecule has 0 spiro atoms. The molecule has 1 aromatic rings. The van der Waals surface area contributed by atoms with E-state index in [4.69, 9.17) is 11.6 Å². The number of rotatable bonds is 3. The van der Waals surface area contributed by atoms with Gasteiger partial charge < -0.3 is 0 Å². The quantitative estimate of drug-likeness (QED) is 0.891. The highest BCUT2D eigenvalue weighted by molar-refractivity contribution is 6.30. The van der Waals surface area contributed by atoms with Gasteiger partial charge in [0, 0.05) is 11.1 Å². The van der Waals surface area contributed by atoms with Crippen molar-refractivity contribution < 1.29 is 0 Å². The van der Waals surface area contributed by atoms with Crippen LogP contribution in [-0.2, 0) is 0 Å². The smallest absolute Gasteiger partial charge is 0.121 e. The molecule has 0 radical (unpaired) electrons. The van der Waals surface area contributed by atoms with Crippen LogP contribution in [0.4, 0.5) is 0 Å². The van der Waals surface area contributed by atoms with E-state index in [0.717, 1.165) is 5.56 Å². The molecule has 1 aromatic carbocycles. The first kappa shape index (κ1) is 13.4. The normalized spacial score (nSPS) is 25.4. The molecule has 0 bridgehead atoms. The molecular formula is C15H19ClN2. The van der Waals surface area contributed by atoms with E-state index in [1.807, 2.05) is 24.3 Å². The molecule has 3 atom stereocenters. The van der Waals surface area contributed by atoms with Gasteiger partial charge in [-0.2, -0.15) is 5.26 Å². The highest BCUT2D eigenvalue weighted by atomic mass is 35.5. The van der Waals surface area contributed by atoms with Gasteiger partial charge in [0.15, 0.2) is 0 Å². The van der Waals surface area contributed by atoms with Crippen molar-refractivity contribution in [3.05, 3.63) is 34.9 Å². The average Bonchev–Trinajstić information content (AvgIpc) is 2.39. The lowest BCUT2D eigenvalue weighted by Crippen LogP contribution is -2.39. The maximum atomic E-state index is 9.32. The fourth-order valence-corrected chi connectivity index (χ4v) is 2.77. The summed E-state index contributed by atoms with van der Waals surface area (Å²) in [5, 5.41) is 13.5. The van der Waals surface area contributed by atoms with Crippen molar-refractivity contribution in [2.45, 2.75) is 44.7 Å². The van der Waals surface area contributed by atoms with Crippen molar-refractivity contribution in [3.8, 4) is 6.07 Å². The minimum Gasteiger partial charge on any atom is -0.295 e. The Bertz CT molecular complexity index is 421. The second-order valence-electron chi connectivity index (χ2n) is 5.15. The molecular weight excluding hydrogens is 244 g/mol. The third-order valence-electron chi connectivity index (χ3n) is 3.82. The van der Waals surface area contributed by atoms with Crippen LogP contribution >= 0.6 is 11.6 Å². The van der Waals surface area contributed by atoms with Gasteiger partial charge in [-0.05, 0) is 36.5 Å². The molecule has 1 aliphatic carbocycles. The van der Waals surface area contributed by atoms with Crippen LogP contribution in [0.15, 0.2) is 24.3 Å². The summed E-state index contributed by atoms with van der Waals surface area (Å²) in [7, 11) is 0. The Labute approximate surface area is 114 Å². The topological polar surface area (TPSA) is 35.8 Å². The van der Waals surface area contributed by atoms with Crippen LogP contribution in [0.2, 0.25) is 5.02 Å². The molecule has 0 heterocycles. The number of hydrogen-bond donors (Lipinski definition) is 1. The largest absolute Gasteiger partial charge is 0.295 e. The molecule has 1 saturated carbocycles. The van der Waals surface area contributed by atoms with E-state index >= 15 is 0 Å². The Morgan fingerprint density at radius 2 is 1.94 bits per heavy atom. The van der Waals surface area contributed by atoms with Crippen molar-refractivity contribution in [2.24, 2.45) is 5.92 Å². The molecule has 1 N–H and O–H groups in total. The van der Waals surface area contributed by atoms with E-state index in [9.17, 15) is 5.26 Å². The van der Waals surface area contributed by atoms with Crippen molar-refractivity contribution in [2.75, 3.05) is 0 Å². The summed E-state index contributed by atoms with van der Waals surface area (Å²) in [6.45, 7) is 2.27. The molecule has 0 aliphatic heterocycles. The zero-order valence-corrected chi connectivity index (χ0v) is 11.5. The minimum atomic E-state index is -0.229. The molecule has 2 nitrogen and oxygen atoms in total. The Balaban J connectivity index is 2.05. The first-order valence-corrected chi connectivity index (χ1v) is 6.99. The van der Waals surface area contributed by atoms with Gasteiger partial charge in [0.25, 0.3) is 0 Å². The summed E-state index contributed by atoms with van der Waals surface area (Å²) in [4.78, 5) is 0. The van der Waals surface area contributed by atoms with Crippen LogP contribution in [0.3, 0.4) is 0 Å². The molecule has 1 aliphatic rings. The van der Waals surface area contributed by atoms with E-state index in [0.29, 0.717) is 17.0 Å². The number of nitriles is 1. The van der Waals surface area contributed by atoms with Crippen LogP contribution in [-0.4, -0.2) is 6.04 Å². The second kappa shape index (κ2) is 6.22. The SMILES string of the molecule is CC1CCCCC1NC(C#N)c1ccc(Cl)cc1. The average molecular weight is 263 g/mol. The Morgan fingerprint density at radius 3 is 2.56 bits per heavy atom. The molecule has 3 unspecified atom stereocenters. The van der Waals surface area contributed by atoms with Crippen LogP contribution < -0.4 is 5.32 Å². The van der Waals surface area contributed by atoms with Gasteiger partial charge in [-0.25, -0.2) is 0 Å². The maximum Gasteiger partial charge on any atom is 0.121 e. The van der Waals surface area contributed by atoms with Crippen LogP contribution in [0, 0.1) is 17.2 Å². The van der Waals surface area contributed by atoms with Gasteiger partial charge in [-0.3, -0.25) is 5.32 Å². The van der Waals surface area contributed by atoms with Crippen LogP contribution in [0.1, 0.15) is 44.2 Å². The van der Waals surface area contributed by atoms with Gasteiger partial charge in [0.05, 0.1) is 6.07 Å². The van der Waals surface area contributed by atoms with E-state index in [1.165, 1.54) is 25.7 Å². The van der Waals surface area contributed by atoms with Gasteiger partial charge in [0.1, 0.15) is 6.04 Å². The van der Waals surface area contributed by atoms with Crippen molar-refractivity contribution in [1.82, 2.24) is 5.32 Å². The molecule has 3 heteroatoms. The van der Waals surface area contributed by atoms with Crippen LogP contribution in [0.25, 0.3) is 0 Å². The summed E-state index contributed by atoms with van der Waals surface area (Å²) in [5.74, 6) is 0.655. The van der Waals surface area contributed by atoms with E-state index in [2.05, 4.69) is 18.3 Å². The Kier molecular flexibility index (Phi) is 4.63. The predicted octanol–water partition coefficient (Wildman–Crippen LogP) is 4.07. The molecule has 18 heavy (non-hydrogen) atoms. The zero-order chi connectivity index (χ0) is 13.0. The summed E-state index contributed by atoms with van der Waals surface area (Å²) < 4.78 is 0. The van der Waals surface area contributed by atoms with Gasteiger partial charge in [-0.1, -0.05) is 43.5 Å². The van der Waals surface area contributed by atoms with Crippen molar-refractivity contribution in [3.63, 3.8) is 0 Å². The number of nitrogens with zero attached hydrogens (tertiary/aromatic N) is 1. The summed E-state index contributed by atoms with van der Waals surface area (Å²) >= 11 is 5.87. The van der Waals surface area contributed by atoms with Gasteiger partial charge in [0.2, 0.25) is 0 Å². The molecule has 0 saturated heterocycles. The van der Waals surface area contributed by atoms with E-state index in [-0.39, 0.29) is 6.04 Å². The van der Waals surface area contributed by atoms with Gasteiger partial charge in [-0.15, -0.1) is 0 Å². The minimum absolute atomic E-state index is 0.229. The lowest BCUT2D eigenvalue weighted by Gasteiger charge is -2.31. The maximum absolute atomic E-state index is 9.32. The first-order valence-electron chi connectivity index (χ1n) is 6.62. The molecule has 0 aromatic heterocycles. The fourth-order valence-electron chi connectivity index (χ4n) is 2.64. The summed E-state index contributed by atoms with van der Waals surface area (Å²) in [6, 6.07) is 10.1. The standard InChI is InChI=1S/C15H19ClN2/c1-11-4-2-3-5-14(11)18-15(10-17)12-6-8-13(16)9-7-12/h6-9,11,14-15,18H,2-5H2,1H3. The zero-order valence-electron chi connectivity index (χ0n) is 10.7. The second-order valence-corrected chi connectivity index (χ2v) is 5.58. The third kappa shape index (κ3) is 3.25. The van der Waals surface area contributed by atoms with Gasteiger partial charge >= 0.3 is 0 Å². The molecule has 0 amide bonds. The third-order valence-corrected chi connectivity index (χ3v) is 4.08. The van der Waals surface area contributed by atoms with Crippen LogP contribution in [0.5, 0.6) is 0 Å². The lowest BCUT2D eigenvalue weighted by molar-refractivity contribution is 0.271. The number of halogens is 1. The number of benzene rings is 1. The van der Waals surface area contributed by atoms with Crippen molar-refractivity contribution in [1.29, 1.82) is 5.26 Å². The Morgan fingerprint density at radius 1 is 1.28 bits per heavy atom. The highest BCUT2D eigenvalue weighted by Crippen LogP contribution is 2.26. The number of hydrogen-bond acceptors (Lipinski definition) is 2. The molecule has 2 rings (SSSR count). The van der Waals surface area contributed by atoms with Crippen molar-refractivity contribution >= 4 is 11.6 Å². The molecule has 96 valence electrons. The highest BCUT2D eigenvalue weighted by Gasteiger charge is 2.24. The predicted molar refractivity (Wildman–Crippen MR) is 74.4 cm³/mol. The molecule has 1 fully saturated rings. The summed E-state index contributed by atoms with van der Waals surface area (Å²) in [5.41, 5.74) is 1.000. The van der Waals surface area contributed by atoms with E-state index < -0.39 is 0 Å².